The van der Waals surface area contributed by atoms with Crippen LogP contribution in [0.4, 0.5) is 18.9 Å². The Balaban J connectivity index is 1.64. The van der Waals surface area contributed by atoms with Crippen LogP contribution in [0.5, 0.6) is 0 Å². The van der Waals surface area contributed by atoms with Gasteiger partial charge in [0, 0.05) is 42.0 Å². The molecule has 1 fully saturated rings. The van der Waals surface area contributed by atoms with E-state index >= 15 is 0 Å². The molecule has 4 rings (SSSR count). The van der Waals surface area contributed by atoms with Crippen molar-refractivity contribution in [3.8, 4) is 0 Å². The van der Waals surface area contributed by atoms with Crippen LogP contribution >= 0.6 is 0 Å². The van der Waals surface area contributed by atoms with Crippen LogP contribution < -0.4 is 10.2 Å². The van der Waals surface area contributed by atoms with Gasteiger partial charge >= 0.3 is 6.18 Å². The molecule has 1 N–H and O–H groups in total. The Kier molecular flexibility index (Phi) is 8.32. The van der Waals surface area contributed by atoms with Crippen molar-refractivity contribution in [3.63, 3.8) is 0 Å². The van der Waals surface area contributed by atoms with Crippen molar-refractivity contribution in [2.24, 2.45) is 5.92 Å². The fourth-order valence-corrected chi connectivity index (χ4v) is 5.22. The molecule has 1 aromatic heterocycles. The van der Waals surface area contributed by atoms with Crippen molar-refractivity contribution in [1.82, 2.24) is 10.3 Å². The van der Waals surface area contributed by atoms with Gasteiger partial charge in [-0.3, -0.25) is 4.98 Å². The zero-order valence-electron chi connectivity index (χ0n) is 21.6. The van der Waals surface area contributed by atoms with Crippen LogP contribution in [-0.2, 0) is 26.9 Å². The highest BCUT2D eigenvalue weighted by Gasteiger charge is 2.34. The zero-order chi connectivity index (χ0) is 26.6. The van der Waals surface area contributed by atoms with E-state index in [4.69, 9.17) is 14.2 Å². The van der Waals surface area contributed by atoms with Crippen LogP contribution in [-0.4, -0.2) is 45.4 Å². The Labute approximate surface area is 216 Å². The maximum Gasteiger partial charge on any atom is 0.416 e. The number of piperidine rings is 1. The van der Waals surface area contributed by atoms with Gasteiger partial charge in [-0.1, -0.05) is 6.92 Å². The molecule has 1 aromatic carbocycles. The van der Waals surface area contributed by atoms with Gasteiger partial charge in [0.2, 0.25) is 0 Å². The Morgan fingerprint density at radius 2 is 1.70 bits per heavy atom. The first kappa shape index (κ1) is 26.9. The number of nitrogens with zero attached hydrogens (tertiary/aromatic N) is 2. The van der Waals surface area contributed by atoms with Gasteiger partial charge in [0.15, 0.2) is 11.5 Å². The molecule has 37 heavy (non-hydrogen) atoms. The van der Waals surface area contributed by atoms with Crippen LogP contribution in [0.3, 0.4) is 0 Å². The number of hydrogen-bond donors (Lipinski definition) is 1. The highest BCUT2D eigenvalue weighted by atomic mass is 19.4. The Morgan fingerprint density at radius 3 is 2.30 bits per heavy atom. The van der Waals surface area contributed by atoms with E-state index in [2.05, 4.69) is 28.2 Å². The van der Waals surface area contributed by atoms with E-state index < -0.39 is 11.7 Å². The molecule has 2 atom stereocenters. The third-order valence-corrected chi connectivity index (χ3v) is 7.19. The summed E-state index contributed by atoms with van der Waals surface area (Å²) in [4.78, 5) is 6.87. The predicted octanol–water partition coefficient (Wildman–Crippen LogP) is 5.63. The lowest BCUT2D eigenvalue weighted by atomic mass is 9.83. The van der Waals surface area contributed by atoms with Gasteiger partial charge < -0.3 is 24.4 Å². The van der Waals surface area contributed by atoms with E-state index in [1.165, 1.54) is 0 Å². The third kappa shape index (κ3) is 5.87. The van der Waals surface area contributed by atoms with Crippen molar-refractivity contribution in [2.45, 2.75) is 44.4 Å². The molecule has 2 unspecified atom stereocenters. The number of hydrogen-bond acceptors (Lipinski definition) is 6. The number of alkyl halides is 3. The van der Waals surface area contributed by atoms with Crippen LogP contribution in [0, 0.1) is 5.92 Å². The molecular weight excluding hydrogens is 483 g/mol. The Hall–Kier alpha value is -3.20. The first-order valence-corrected chi connectivity index (χ1v) is 12.4. The standard InChI is InChI=1S/C28H34F3N3O3/c1-18-23(16-25(35-2)27(37-4)26(18)36-3)24-15-19(9-14-33-24)17-34(22-10-12-32-13-11-22)21-7-5-20(6-8-21)28(29,30)31/h5-9,14-16,18,22-23,32H,10-13,17H2,1-4H3. The average molecular weight is 518 g/mol. The summed E-state index contributed by atoms with van der Waals surface area (Å²) >= 11 is 0. The number of halogens is 3. The summed E-state index contributed by atoms with van der Waals surface area (Å²) in [5, 5.41) is 3.37. The molecule has 0 bridgehead atoms. The highest BCUT2D eigenvalue weighted by molar-refractivity contribution is 5.50. The van der Waals surface area contributed by atoms with Gasteiger partial charge in [-0.05, 0) is 74.0 Å². The summed E-state index contributed by atoms with van der Waals surface area (Å²) in [5.41, 5.74) is 2.03. The topological polar surface area (TPSA) is 55.9 Å². The molecule has 1 aliphatic carbocycles. The summed E-state index contributed by atoms with van der Waals surface area (Å²) in [5.74, 6) is 1.74. The molecule has 0 saturated carbocycles. The summed E-state index contributed by atoms with van der Waals surface area (Å²) in [6.45, 7) is 4.37. The van der Waals surface area contributed by atoms with Crippen LogP contribution in [0.15, 0.2) is 65.9 Å². The lowest BCUT2D eigenvalue weighted by molar-refractivity contribution is -0.137. The van der Waals surface area contributed by atoms with Crippen LogP contribution in [0.2, 0.25) is 0 Å². The number of anilines is 1. The summed E-state index contributed by atoms with van der Waals surface area (Å²) in [6, 6.07) is 9.72. The molecule has 2 aliphatic rings. The van der Waals surface area contributed by atoms with E-state index in [1.54, 1.807) is 39.7 Å². The molecule has 6 nitrogen and oxygen atoms in total. The van der Waals surface area contributed by atoms with E-state index in [0.29, 0.717) is 23.8 Å². The van der Waals surface area contributed by atoms with E-state index in [1.807, 2.05) is 12.1 Å². The number of allylic oxidation sites excluding steroid dienone is 2. The normalized spacial score (nSPS) is 20.9. The van der Waals surface area contributed by atoms with Crippen molar-refractivity contribution < 1.29 is 27.4 Å². The minimum absolute atomic E-state index is 0.0305. The summed E-state index contributed by atoms with van der Waals surface area (Å²) in [7, 11) is 4.80. The van der Waals surface area contributed by atoms with Gasteiger partial charge in [0.1, 0.15) is 5.76 Å². The second kappa shape index (κ2) is 11.5. The van der Waals surface area contributed by atoms with Gasteiger partial charge in [0.05, 0.1) is 26.9 Å². The lowest BCUT2D eigenvalue weighted by Gasteiger charge is -2.37. The number of benzene rings is 1. The highest BCUT2D eigenvalue weighted by Crippen LogP contribution is 2.40. The van der Waals surface area contributed by atoms with Gasteiger partial charge in [-0.2, -0.15) is 13.2 Å². The van der Waals surface area contributed by atoms with Crippen LogP contribution in [0.1, 0.15) is 42.5 Å². The second-order valence-corrected chi connectivity index (χ2v) is 9.39. The summed E-state index contributed by atoms with van der Waals surface area (Å²) in [6.07, 6.45) is 1.26. The zero-order valence-corrected chi connectivity index (χ0v) is 21.6. The first-order chi connectivity index (χ1) is 17.8. The van der Waals surface area contributed by atoms with E-state index in [0.717, 1.165) is 55.0 Å². The predicted molar refractivity (Wildman–Crippen MR) is 136 cm³/mol. The number of rotatable bonds is 8. The van der Waals surface area contributed by atoms with Crippen LogP contribution in [0.25, 0.3) is 0 Å². The average Bonchev–Trinajstić information content (AvgIpc) is 2.91. The molecule has 1 saturated heterocycles. The Morgan fingerprint density at radius 1 is 1.00 bits per heavy atom. The van der Waals surface area contributed by atoms with E-state index in [-0.39, 0.29) is 17.9 Å². The number of pyridine rings is 1. The minimum Gasteiger partial charge on any atom is -0.497 e. The van der Waals surface area contributed by atoms with Gasteiger partial charge in [-0.15, -0.1) is 0 Å². The maximum absolute atomic E-state index is 13.2. The third-order valence-electron chi connectivity index (χ3n) is 7.19. The lowest BCUT2D eigenvalue weighted by Crippen LogP contribution is -2.43. The second-order valence-electron chi connectivity index (χ2n) is 9.39. The van der Waals surface area contributed by atoms with Crippen molar-refractivity contribution >= 4 is 5.69 Å². The molecule has 1 aliphatic heterocycles. The fraction of sp³-hybridized carbons (Fsp3) is 0.464. The quantitative estimate of drug-likeness (QED) is 0.490. The SMILES string of the molecule is COC1=CC(c2cc(CN(c3ccc(C(F)(F)F)cc3)C3CCNCC3)ccn2)C(C)C(OC)=C1OC. The molecule has 200 valence electrons. The Bertz CT molecular complexity index is 1130. The molecule has 2 heterocycles. The van der Waals surface area contributed by atoms with E-state index in [9.17, 15) is 13.2 Å². The molecule has 2 aromatic rings. The minimum atomic E-state index is -4.36. The number of aromatic nitrogens is 1. The molecule has 0 spiro atoms. The molecular formula is C28H34F3N3O3. The van der Waals surface area contributed by atoms with Crippen molar-refractivity contribution in [3.05, 3.63) is 82.8 Å². The van der Waals surface area contributed by atoms with Gasteiger partial charge in [0.25, 0.3) is 0 Å². The smallest absolute Gasteiger partial charge is 0.416 e. The monoisotopic (exact) mass is 517 g/mol. The molecule has 0 amide bonds. The fourth-order valence-electron chi connectivity index (χ4n) is 5.22. The molecule has 0 radical (unpaired) electrons. The summed E-state index contributed by atoms with van der Waals surface area (Å²) < 4.78 is 56.3. The number of methoxy groups -OCH3 is 3. The first-order valence-electron chi connectivity index (χ1n) is 12.4. The van der Waals surface area contributed by atoms with Crippen molar-refractivity contribution in [2.75, 3.05) is 39.3 Å². The number of ether oxygens (including phenoxy) is 3. The largest absolute Gasteiger partial charge is 0.497 e. The maximum atomic E-state index is 13.2. The molecule has 9 heteroatoms. The van der Waals surface area contributed by atoms with Crippen molar-refractivity contribution in [1.29, 1.82) is 0 Å². The number of nitrogens with one attached hydrogen (secondary N) is 1. The van der Waals surface area contributed by atoms with Gasteiger partial charge in [-0.25, -0.2) is 0 Å².